The summed E-state index contributed by atoms with van der Waals surface area (Å²) in [5.41, 5.74) is 1.80. The first-order valence-electron chi connectivity index (χ1n) is 6.13. The molecule has 0 atom stereocenters. The Morgan fingerprint density at radius 3 is 2.76 bits per heavy atom. The summed E-state index contributed by atoms with van der Waals surface area (Å²) in [4.78, 5) is 11.4. The fraction of sp³-hybridized carbons (Fsp3) is 0.0714. The van der Waals surface area contributed by atoms with Crippen LogP contribution in [-0.4, -0.2) is 30.6 Å². The van der Waals surface area contributed by atoms with Crippen LogP contribution < -0.4 is 0 Å². The van der Waals surface area contributed by atoms with E-state index in [1.165, 1.54) is 10.9 Å². The average Bonchev–Trinajstić information content (AvgIpc) is 3.04. The zero-order valence-electron chi connectivity index (χ0n) is 11.1. The van der Waals surface area contributed by atoms with Crippen molar-refractivity contribution in [2.75, 3.05) is 0 Å². The number of aromatic nitrogens is 4. The first-order chi connectivity index (χ1) is 10.1. The minimum Gasteiger partial charge on any atom is -0.478 e. The van der Waals surface area contributed by atoms with Gasteiger partial charge in [0.15, 0.2) is 0 Å². The van der Waals surface area contributed by atoms with Gasteiger partial charge in [-0.15, -0.1) is 0 Å². The molecular formula is C14H11ClN4O2. The lowest BCUT2D eigenvalue weighted by Crippen LogP contribution is -2.00. The number of aromatic carboxylic acids is 1. The summed E-state index contributed by atoms with van der Waals surface area (Å²) < 4.78 is 3.08. The molecule has 2 aromatic heterocycles. The van der Waals surface area contributed by atoms with E-state index in [9.17, 15) is 9.90 Å². The molecule has 106 valence electrons. The van der Waals surface area contributed by atoms with Crippen molar-refractivity contribution in [3.05, 3.63) is 53.3 Å². The summed E-state index contributed by atoms with van der Waals surface area (Å²) in [6.07, 6.45) is 3.07. The molecule has 2 heterocycles. The van der Waals surface area contributed by atoms with Crippen molar-refractivity contribution in [2.45, 2.75) is 0 Å². The van der Waals surface area contributed by atoms with E-state index < -0.39 is 5.97 Å². The zero-order chi connectivity index (χ0) is 15.0. The van der Waals surface area contributed by atoms with Gasteiger partial charge in [0.05, 0.1) is 11.4 Å². The molecule has 0 radical (unpaired) electrons. The maximum Gasteiger partial charge on any atom is 0.339 e. The largest absolute Gasteiger partial charge is 0.478 e. The summed E-state index contributed by atoms with van der Waals surface area (Å²) in [5, 5.41) is 18.3. The second kappa shape index (κ2) is 5.06. The van der Waals surface area contributed by atoms with E-state index in [1.54, 1.807) is 48.3 Å². The molecular weight excluding hydrogens is 292 g/mol. The highest BCUT2D eigenvalue weighted by Gasteiger charge is 2.19. The van der Waals surface area contributed by atoms with E-state index in [-0.39, 0.29) is 5.56 Å². The van der Waals surface area contributed by atoms with Crippen LogP contribution in [0.5, 0.6) is 0 Å². The molecule has 0 unspecified atom stereocenters. The van der Waals surface area contributed by atoms with Gasteiger partial charge in [0.2, 0.25) is 0 Å². The van der Waals surface area contributed by atoms with Crippen LogP contribution in [0.15, 0.2) is 42.7 Å². The second-order valence-electron chi connectivity index (χ2n) is 4.46. The number of rotatable bonds is 3. The van der Waals surface area contributed by atoms with E-state index in [0.717, 1.165) is 0 Å². The van der Waals surface area contributed by atoms with Crippen molar-refractivity contribution < 1.29 is 9.90 Å². The fourth-order valence-corrected chi connectivity index (χ4v) is 2.26. The average molecular weight is 303 g/mol. The third-order valence-electron chi connectivity index (χ3n) is 3.08. The summed E-state index contributed by atoms with van der Waals surface area (Å²) >= 11 is 5.96. The van der Waals surface area contributed by atoms with Crippen molar-refractivity contribution >= 4 is 17.6 Å². The molecule has 0 amide bonds. The summed E-state index contributed by atoms with van der Waals surface area (Å²) in [5.74, 6) is -1.04. The van der Waals surface area contributed by atoms with Crippen molar-refractivity contribution in [1.82, 2.24) is 19.6 Å². The third kappa shape index (κ3) is 2.41. The van der Waals surface area contributed by atoms with Gasteiger partial charge in [-0.05, 0) is 24.3 Å². The van der Waals surface area contributed by atoms with E-state index in [2.05, 4.69) is 10.2 Å². The van der Waals surface area contributed by atoms with Gasteiger partial charge in [0, 0.05) is 24.5 Å². The van der Waals surface area contributed by atoms with Crippen LogP contribution in [0.4, 0.5) is 0 Å². The monoisotopic (exact) mass is 302 g/mol. The number of carboxylic acids is 1. The van der Waals surface area contributed by atoms with Crippen molar-refractivity contribution in [3.8, 4) is 17.1 Å². The molecule has 0 aliphatic rings. The molecule has 0 fully saturated rings. The van der Waals surface area contributed by atoms with Crippen molar-refractivity contribution in [3.63, 3.8) is 0 Å². The van der Waals surface area contributed by atoms with Gasteiger partial charge < -0.3 is 5.11 Å². The number of carboxylic acid groups (broad SMARTS) is 1. The van der Waals surface area contributed by atoms with Crippen LogP contribution >= 0.6 is 11.6 Å². The minimum absolute atomic E-state index is 0.110. The number of hydrogen-bond acceptors (Lipinski definition) is 3. The Bertz CT molecular complexity index is 822. The quantitative estimate of drug-likeness (QED) is 0.807. The van der Waals surface area contributed by atoms with Gasteiger partial charge in [0.25, 0.3) is 0 Å². The Balaban J connectivity index is 2.18. The molecule has 1 N–H and O–H groups in total. The van der Waals surface area contributed by atoms with Gasteiger partial charge in [0.1, 0.15) is 11.3 Å². The van der Waals surface area contributed by atoms with Crippen molar-refractivity contribution in [2.24, 2.45) is 7.05 Å². The van der Waals surface area contributed by atoms with E-state index >= 15 is 0 Å². The molecule has 3 rings (SSSR count). The highest BCUT2D eigenvalue weighted by molar-refractivity contribution is 6.30. The van der Waals surface area contributed by atoms with Gasteiger partial charge >= 0.3 is 5.97 Å². The first kappa shape index (κ1) is 13.4. The number of hydrogen-bond donors (Lipinski definition) is 1. The lowest BCUT2D eigenvalue weighted by molar-refractivity contribution is 0.0697. The van der Waals surface area contributed by atoms with Crippen LogP contribution in [0.1, 0.15) is 10.4 Å². The van der Waals surface area contributed by atoms with Crippen molar-refractivity contribution in [1.29, 1.82) is 0 Å². The van der Waals surface area contributed by atoms with Crippen LogP contribution in [0, 0.1) is 0 Å². The predicted octanol–water partition coefficient (Wildman–Crippen LogP) is 2.62. The SMILES string of the molecule is Cn1nccc1-c1nn(-c2cccc(Cl)c2)cc1C(=O)O. The molecule has 3 aromatic rings. The lowest BCUT2D eigenvalue weighted by atomic mass is 10.2. The standard InChI is InChI=1S/C14H11ClN4O2/c1-18-12(5-6-16-18)13-11(14(20)21)8-19(17-13)10-4-2-3-9(15)7-10/h2-8H,1H3,(H,20,21). The summed E-state index contributed by atoms with van der Waals surface area (Å²) in [7, 11) is 1.74. The van der Waals surface area contributed by atoms with E-state index in [0.29, 0.717) is 22.1 Å². The number of halogens is 1. The number of nitrogens with zero attached hydrogens (tertiary/aromatic N) is 4. The fourth-order valence-electron chi connectivity index (χ4n) is 2.08. The van der Waals surface area contributed by atoms with Gasteiger partial charge in [-0.25, -0.2) is 9.48 Å². The van der Waals surface area contributed by atoms with Crippen LogP contribution in [0.2, 0.25) is 5.02 Å². The van der Waals surface area contributed by atoms with Crippen LogP contribution in [0.25, 0.3) is 17.1 Å². The molecule has 0 saturated carbocycles. The van der Waals surface area contributed by atoms with Crippen LogP contribution in [0.3, 0.4) is 0 Å². The van der Waals surface area contributed by atoms with Gasteiger partial charge in [-0.2, -0.15) is 10.2 Å². The maximum absolute atomic E-state index is 11.4. The normalized spacial score (nSPS) is 10.8. The van der Waals surface area contributed by atoms with E-state index in [1.807, 2.05) is 0 Å². The number of benzene rings is 1. The Kier molecular flexibility index (Phi) is 3.23. The molecule has 21 heavy (non-hydrogen) atoms. The molecule has 1 aromatic carbocycles. The summed E-state index contributed by atoms with van der Waals surface area (Å²) in [6, 6.07) is 8.76. The Hall–Kier alpha value is -2.60. The highest BCUT2D eigenvalue weighted by Crippen LogP contribution is 2.24. The van der Waals surface area contributed by atoms with Gasteiger partial charge in [-0.3, -0.25) is 4.68 Å². The molecule has 6 nitrogen and oxygen atoms in total. The maximum atomic E-state index is 11.4. The highest BCUT2D eigenvalue weighted by atomic mass is 35.5. The number of carbonyl (C=O) groups is 1. The zero-order valence-corrected chi connectivity index (χ0v) is 11.8. The number of aryl methyl sites for hydroxylation is 1. The Morgan fingerprint density at radius 1 is 1.33 bits per heavy atom. The second-order valence-corrected chi connectivity index (χ2v) is 4.90. The molecule has 0 bridgehead atoms. The molecule has 7 heteroatoms. The first-order valence-corrected chi connectivity index (χ1v) is 6.51. The predicted molar refractivity (Wildman–Crippen MR) is 77.7 cm³/mol. The Morgan fingerprint density at radius 2 is 2.14 bits per heavy atom. The molecule has 0 aliphatic carbocycles. The smallest absolute Gasteiger partial charge is 0.339 e. The van der Waals surface area contributed by atoms with Gasteiger partial charge in [-0.1, -0.05) is 17.7 Å². The molecule has 0 spiro atoms. The topological polar surface area (TPSA) is 72.9 Å². The molecule has 0 aliphatic heterocycles. The third-order valence-corrected chi connectivity index (χ3v) is 3.32. The molecule has 0 saturated heterocycles. The summed E-state index contributed by atoms with van der Waals surface area (Å²) in [6.45, 7) is 0. The minimum atomic E-state index is -1.04. The Labute approximate surface area is 125 Å². The lowest BCUT2D eigenvalue weighted by Gasteiger charge is -2.01. The van der Waals surface area contributed by atoms with E-state index in [4.69, 9.17) is 11.6 Å². The van der Waals surface area contributed by atoms with Crippen LogP contribution in [-0.2, 0) is 7.05 Å².